The third kappa shape index (κ3) is 5.65. The fraction of sp³-hybridized carbons (Fsp3) is 0.333. The number of benzene rings is 1. The van der Waals surface area contributed by atoms with Gasteiger partial charge in [-0.25, -0.2) is 9.97 Å². The minimum Gasteiger partial charge on any atom is -0.352 e. The first-order chi connectivity index (χ1) is 10.9. The molecule has 1 aromatic carbocycles. The van der Waals surface area contributed by atoms with Crippen molar-refractivity contribution in [1.82, 2.24) is 15.0 Å². The molecule has 0 spiro atoms. The molecule has 1 aromatic heterocycles. The van der Waals surface area contributed by atoms with Crippen molar-refractivity contribution in [2.24, 2.45) is 0 Å². The highest BCUT2D eigenvalue weighted by atomic mass is 35.5. The van der Waals surface area contributed by atoms with Crippen LogP contribution >= 0.6 is 23.2 Å². The molecular formula is C15H17Cl2N5O. The summed E-state index contributed by atoms with van der Waals surface area (Å²) in [7, 11) is 0. The van der Waals surface area contributed by atoms with Gasteiger partial charge in [0.05, 0.1) is 10.0 Å². The lowest BCUT2D eigenvalue weighted by Crippen LogP contribution is -2.19. The normalized spacial score (nSPS) is 11.8. The third-order valence-electron chi connectivity index (χ3n) is 3.09. The van der Waals surface area contributed by atoms with Gasteiger partial charge in [0.2, 0.25) is 17.8 Å². The van der Waals surface area contributed by atoms with E-state index in [0.717, 1.165) is 18.4 Å². The van der Waals surface area contributed by atoms with Crippen molar-refractivity contribution >= 4 is 41.0 Å². The Balaban J connectivity index is 1.90. The highest BCUT2D eigenvalue weighted by molar-refractivity contribution is 6.42. The van der Waals surface area contributed by atoms with Crippen LogP contribution in [0.3, 0.4) is 0 Å². The predicted molar refractivity (Wildman–Crippen MR) is 92.0 cm³/mol. The van der Waals surface area contributed by atoms with E-state index >= 15 is 0 Å². The number of nitrogens with one attached hydrogen (secondary N) is 2. The molecule has 0 fully saturated rings. The lowest BCUT2D eigenvalue weighted by Gasteiger charge is -2.14. The van der Waals surface area contributed by atoms with E-state index in [0.29, 0.717) is 16.0 Å². The Labute approximate surface area is 144 Å². The maximum Gasteiger partial charge on any atom is 0.234 e. The van der Waals surface area contributed by atoms with Crippen LogP contribution < -0.4 is 10.6 Å². The van der Waals surface area contributed by atoms with Crippen LogP contribution in [0, 0.1) is 0 Å². The summed E-state index contributed by atoms with van der Waals surface area (Å²) in [6.07, 6.45) is 3.06. The van der Waals surface area contributed by atoms with Crippen molar-refractivity contribution in [2.75, 3.05) is 10.6 Å². The molecule has 122 valence electrons. The van der Waals surface area contributed by atoms with Gasteiger partial charge in [-0.05, 0) is 37.5 Å². The van der Waals surface area contributed by atoms with Crippen molar-refractivity contribution in [3.63, 3.8) is 0 Å². The number of carbonyl (C=O) groups is 1. The molecule has 1 heterocycles. The second-order valence-corrected chi connectivity index (χ2v) is 5.96. The van der Waals surface area contributed by atoms with Crippen LogP contribution in [-0.4, -0.2) is 26.9 Å². The van der Waals surface area contributed by atoms with Crippen LogP contribution in [-0.2, 0) is 11.2 Å². The quantitative estimate of drug-likeness (QED) is 0.829. The lowest BCUT2D eigenvalue weighted by atomic mass is 10.1. The molecule has 0 aliphatic rings. The van der Waals surface area contributed by atoms with Gasteiger partial charge in [0.15, 0.2) is 0 Å². The highest BCUT2D eigenvalue weighted by Gasteiger charge is 2.08. The zero-order valence-corrected chi connectivity index (χ0v) is 14.3. The Morgan fingerprint density at radius 2 is 1.96 bits per heavy atom. The summed E-state index contributed by atoms with van der Waals surface area (Å²) in [4.78, 5) is 23.1. The van der Waals surface area contributed by atoms with Gasteiger partial charge >= 0.3 is 0 Å². The van der Waals surface area contributed by atoms with E-state index in [4.69, 9.17) is 23.2 Å². The number of hydrogen-bond donors (Lipinski definition) is 2. The Kier molecular flexibility index (Phi) is 6.12. The van der Waals surface area contributed by atoms with Gasteiger partial charge in [-0.1, -0.05) is 29.3 Å². The number of rotatable bonds is 6. The molecule has 0 bridgehead atoms. The van der Waals surface area contributed by atoms with Crippen LogP contribution in [0.1, 0.15) is 25.8 Å². The monoisotopic (exact) mass is 353 g/mol. The van der Waals surface area contributed by atoms with E-state index in [-0.39, 0.29) is 17.9 Å². The summed E-state index contributed by atoms with van der Waals surface area (Å²) in [6, 6.07) is 5.76. The van der Waals surface area contributed by atoms with Crippen molar-refractivity contribution in [2.45, 2.75) is 32.7 Å². The number of amides is 1. The maximum atomic E-state index is 11.0. The summed E-state index contributed by atoms with van der Waals surface area (Å²) < 4.78 is 0. The number of carbonyl (C=O) groups excluding carboxylic acids is 1. The average molecular weight is 354 g/mol. The molecule has 1 atom stereocenters. The van der Waals surface area contributed by atoms with Crippen LogP contribution in [0.25, 0.3) is 0 Å². The minimum atomic E-state index is -0.227. The molecule has 2 N–H and O–H groups in total. The molecule has 2 aromatic rings. The molecule has 0 radical (unpaired) electrons. The smallest absolute Gasteiger partial charge is 0.234 e. The second-order valence-electron chi connectivity index (χ2n) is 5.15. The van der Waals surface area contributed by atoms with Gasteiger partial charge in [-0.2, -0.15) is 4.98 Å². The summed E-state index contributed by atoms with van der Waals surface area (Å²) in [5.74, 6) is 0.423. The van der Waals surface area contributed by atoms with E-state index in [1.807, 2.05) is 19.1 Å². The molecule has 6 nitrogen and oxygen atoms in total. The van der Waals surface area contributed by atoms with Gasteiger partial charge in [-0.3, -0.25) is 10.1 Å². The number of nitrogens with zero attached hydrogens (tertiary/aromatic N) is 3. The highest BCUT2D eigenvalue weighted by Crippen LogP contribution is 2.23. The molecule has 0 aliphatic carbocycles. The number of anilines is 2. The summed E-state index contributed by atoms with van der Waals surface area (Å²) in [5, 5.41) is 6.81. The van der Waals surface area contributed by atoms with Gasteiger partial charge in [0.1, 0.15) is 6.33 Å². The van der Waals surface area contributed by atoms with Crippen molar-refractivity contribution < 1.29 is 4.79 Å². The molecule has 1 unspecified atom stereocenters. The Bertz CT molecular complexity index is 695. The van der Waals surface area contributed by atoms with E-state index in [1.54, 1.807) is 6.07 Å². The van der Waals surface area contributed by atoms with E-state index in [2.05, 4.69) is 25.6 Å². The molecule has 2 rings (SSSR count). The Hall–Kier alpha value is -1.92. The molecule has 0 aliphatic heterocycles. The zero-order valence-electron chi connectivity index (χ0n) is 12.8. The van der Waals surface area contributed by atoms with Gasteiger partial charge in [0, 0.05) is 13.0 Å². The van der Waals surface area contributed by atoms with Gasteiger partial charge in [0.25, 0.3) is 0 Å². The Morgan fingerprint density at radius 1 is 1.22 bits per heavy atom. The number of aryl methyl sites for hydroxylation is 1. The van der Waals surface area contributed by atoms with Crippen molar-refractivity contribution in [3.05, 3.63) is 40.1 Å². The molecule has 8 heteroatoms. The van der Waals surface area contributed by atoms with Crippen LogP contribution in [0.2, 0.25) is 10.0 Å². The Morgan fingerprint density at radius 3 is 2.65 bits per heavy atom. The molecule has 1 amide bonds. The van der Waals surface area contributed by atoms with E-state index in [1.165, 1.54) is 13.3 Å². The molecule has 23 heavy (non-hydrogen) atoms. The summed E-state index contributed by atoms with van der Waals surface area (Å²) in [6.45, 7) is 3.43. The van der Waals surface area contributed by atoms with Crippen LogP contribution in [0.15, 0.2) is 24.5 Å². The van der Waals surface area contributed by atoms with E-state index < -0.39 is 0 Å². The first-order valence-electron chi connectivity index (χ1n) is 7.11. The SMILES string of the molecule is CC(=O)Nc1ncnc(NC(C)CCc2ccc(Cl)c(Cl)c2)n1. The molecule has 0 saturated carbocycles. The van der Waals surface area contributed by atoms with Crippen LogP contribution in [0.4, 0.5) is 11.9 Å². The maximum absolute atomic E-state index is 11.0. The van der Waals surface area contributed by atoms with Crippen molar-refractivity contribution in [1.29, 1.82) is 0 Å². The summed E-state index contributed by atoms with van der Waals surface area (Å²) >= 11 is 11.9. The fourth-order valence-electron chi connectivity index (χ4n) is 1.95. The van der Waals surface area contributed by atoms with E-state index in [9.17, 15) is 4.79 Å². The number of hydrogen-bond acceptors (Lipinski definition) is 5. The van der Waals surface area contributed by atoms with Gasteiger partial charge in [-0.15, -0.1) is 0 Å². The third-order valence-corrected chi connectivity index (χ3v) is 3.82. The second kappa shape index (κ2) is 8.08. The topological polar surface area (TPSA) is 79.8 Å². The van der Waals surface area contributed by atoms with Gasteiger partial charge < -0.3 is 5.32 Å². The largest absolute Gasteiger partial charge is 0.352 e. The summed E-state index contributed by atoms with van der Waals surface area (Å²) in [5.41, 5.74) is 1.11. The van der Waals surface area contributed by atoms with Crippen molar-refractivity contribution in [3.8, 4) is 0 Å². The standard InChI is InChI=1S/C15H17Cl2N5O/c1-9(3-4-11-5-6-12(16)13(17)7-11)20-14-18-8-19-15(22-14)21-10(2)23/h5-9H,3-4H2,1-2H3,(H2,18,19,20,21,22,23). The first kappa shape index (κ1) is 17.4. The minimum absolute atomic E-state index is 0.136. The number of halogens is 2. The zero-order chi connectivity index (χ0) is 16.8. The fourth-order valence-corrected chi connectivity index (χ4v) is 2.28. The molecule has 0 saturated heterocycles. The average Bonchev–Trinajstić information content (AvgIpc) is 2.48. The lowest BCUT2D eigenvalue weighted by molar-refractivity contribution is -0.114. The van der Waals surface area contributed by atoms with Crippen LogP contribution in [0.5, 0.6) is 0 Å². The predicted octanol–water partition coefficient (Wildman–Crippen LogP) is 3.57. The first-order valence-corrected chi connectivity index (χ1v) is 7.86. The molecular weight excluding hydrogens is 337 g/mol. The number of aromatic nitrogens is 3.